The van der Waals surface area contributed by atoms with E-state index in [1.165, 1.54) is 19.3 Å². The van der Waals surface area contributed by atoms with E-state index in [0.717, 1.165) is 12.8 Å². The summed E-state index contributed by atoms with van der Waals surface area (Å²) in [6.07, 6.45) is 17.7. The van der Waals surface area contributed by atoms with Gasteiger partial charge in [0.05, 0.1) is 0 Å². The van der Waals surface area contributed by atoms with Gasteiger partial charge in [-0.1, -0.05) is 56.2 Å². The van der Waals surface area contributed by atoms with Crippen LogP contribution in [0.15, 0.2) is 36.5 Å². The molecule has 2 atom stereocenters. The molecule has 0 aliphatic heterocycles. The highest BCUT2D eigenvalue weighted by Crippen LogP contribution is 2.12. The maximum absolute atomic E-state index is 11.0. The van der Waals surface area contributed by atoms with Gasteiger partial charge in [0.15, 0.2) is 0 Å². The third-order valence-electron chi connectivity index (χ3n) is 4.00. The Labute approximate surface area is 156 Å². The van der Waals surface area contributed by atoms with Crippen LogP contribution in [-0.4, -0.2) is 33.3 Å². The summed E-state index contributed by atoms with van der Waals surface area (Å²) in [4.78, 5) is 21.0. The molecule has 0 aromatic carbocycles. The van der Waals surface area contributed by atoms with Crippen LogP contribution in [0.3, 0.4) is 0 Å². The van der Waals surface area contributed by atoms with Crippen molar-refractivity contribution in [2.24, 2.45) is 0 Å². The van der Waals surface area contributed by atoms with Crippen molar-refractivity contribution in [2.45, 2.75) is 83.3 Å². The Morgan fingerprint density at radius 3 is 2.23 bits per heavy atom. The molecule has 6 heteroatoms. The first-order valence-electron chi connectivity index (χ1n) is 9.47. The molecule has 148 valence electrons. The highest BCUT2D eigenvalue weighted by Gasteiger charge is 2.28. The highest BCUT2D eigenvalue weighted by molar-refractivity contribution is 5.66. The smallest absolute Gasteiger partial charge is 0.303 e. The molecule has 0 radical (unpaired) electrons. The molecule has 2 unspecified atom stereocenters. The summed E-state index contributed by atoms with van der Waals surface area (Å²) in [6, 6.07) is -1.09. The summed E-state index contributed by atoms with van der Waals surface area (Å²) < 4.78 is 0. The Morgan fingerprint density at radius 2 is 1.65 bits per heavy atom. The van der Waals surface area contributed by atoms with Crippen LogP contribution in [-0.2, 0) is 4.79 Å². The molecule has 0 amide bonds. The molecule has 0 aliphatic carbocycles. The van der Waals surface area contributed by atoms with Gasteiger partial charge < -0.3 is 10.2 Å². The fourth-order valence-electron chi connectivity index (χ4n) is 2.45. The number of rotatable bonds is 16. The summed E-state index contributed by atoms with van der Waals surface area (Å²) in [5.74, 6) is -0.961. The zero-order valence-corrected chi connectivity index (χ0v) is 15.8. The lowest BCUT2D eigenvalue weighted by Crippen LogP contribution is -2.33. The fourth-order valence-corrected chi connectivity index (χ4v) is 2.45. The maximum Gasteiger partial charge on any atom is 0.303 e. The van der Waals surface area contributed by atoms with Crippen molar-refractivity contribution < 1.29 is 19.9 Å². The second kappa shape index (κ2) is 16.5. The molecule has 0 aromatic heterocycles. The first-order chi connectivity index (χ1) is 12.5. The first-order valence-corrected chi connectivity index (χ1v) is 9.47. The van der Waals surface area contributed by atoms with E-state index in [1.807, 2.05) is 12.2 Å². The number of nitrogens with zero attached hydrogens (tertiary/aromatic N) is 1. The summed E-state index contributed by atoms with van der Waals surface area (Å²) >= 11 is 0. The van der Waals surface area contributed by atoms with Gasteiger partial charge in [-0.3, -0.25) is 14.9 Å². The van der Waals surface area contributed by atoms with Crippen LogP contribution in [0.25, 0.3) is 0 Å². The van der Waals surface area contributed by atoms with Crippen LogP contribution in [0.1, 0.15) is 71.1 Å². The number of aliphatic carboxylic acids is 1. The number of nitro groups is 1. The summed E-state index contributed by atoms with van der Waals surface area (Å²) in [5, 5.41) is 29.5. The average molecular weight is 367 g/mol. The number of hydrogen-bond donors (Lipinski definition) is 2. The molecule has 26 heavy (non-hydrogen) atoms. The van der Waals surface area contributed by atoms with Gasteiger partial charge in [-0.05, 0) is 38.5 Å². The minimum Gasteiger partial charge on any atom is -0.481 e. The van der Waals surface area contributed by atoms with E-state index in [9.17, 15) is 20.0 Å². The van der Waals surface area contributed by atoms with E-state index in [1.54, 1.807) is 6.08 Å². The average Bonchev–Trinajstić information content (AvgIpc) is 2.58. The predicted octanol–water partition coefficient (Wildman–Crippen LogP) is 4.67. The van der Waals surface area contributed by atoms with E-state index in [2.05, 4.69) is 25.2 Å². The molecule has 0 aliphatic rings. The molecule has 0 heterocycles. The molecule has 6 nitrogen and oxygen atoms in total. The number of aliphatic hydroxyl groups is 1. The van der Waals surface area contributed by atoms with Gasteiger partial charge in [-0.2, -0.15) is 0 Å². The number of allylic oxidation sites excluding steroid dienone is 5. The van der Waals surface area contributed by atoms with Crippen molar-refractivity contribution in [3.63, 3.8) is 0 Å². The minimum atomic E-state index is -1.12. The van der Waals surface area contributed by atoms with E-state index < -0.39 is 23.0 Å². The number of hydrogen-bond acceptors (Lipinski definition) is 4. The topological polar surface area (TPSA) is 101 Å². The Morgan fingerprint density at radius 1 is 1.04 bits per heavy atom. The molecule has 2 N–H and O–H groups in total. The van der Waals surface area contributed by atoms with Gasteiger partial charge in [0.25, 0.3) is 0 Å². The van der Waals surface area contributed by atoms with Crippen molar-refractivity contribution in [1.82, 2.24) is 0 Å². The summed E-state index contributed by atoms with van der Waals surface area (Å²) in [6.45, 7) is 2.19. The third kappa shape index (κ3) is 14.4. The zero-order valence-electron chi connectivity index (χ0n) is 15.8. The number of carboxylic acids is 1. The third-order valence-corrected chi connectivity index (χ3v) is 4.00. The Balaban J connectivity index is 4.00. The van der Waals surface area contributed by atoms with Gasteiger partial charge in [-0.15, -0.1) is 0 Å². The fraction of sp³-hybridized carbons (Fsp3) is 0.650. The Bertz CT molecular complexity index is 471. The normalized spacial score (nSPS) is 14.4. The van der Waals surface area contributed by atoms with E-state index in [0.29, 0.717) is 6.42 Å². The number of carbonyl (C=O) groups is 1. The molecule has 0 saturated heterocycles. The Hall–Kier alpha value is -1.95. The lowest BCUT2D eigenvalue weighted by atomic mass is 10.0. The molecule has 0 rings (SSSR count). The van der Waals surface area contributed by atoms with Crippen molar-refractivity contribution in [2.75, 3.05) is 0 Å². The monoisotopic (exact) mass is 367 g/mol. The van der Waals surface area contributed by atoms with Crippen LogP contribution >= 0.6 is 0 Å². The van der Waals surface area contributed by atoms with E-state index >= 15 is 0 Å². The lowest BCUT2D eigenvalue weighted by molar-refractivity contribution is -0.533. The van der Waals surface area contributed by atoms with Crippen LogP contribution in [0, 0.1) is 10.1 Å². The molecule has 0 bridgehead atoms. The van der Waals surface area contributed by atoms with Crippen molar-refractivity contribution >= 4 is 5.97 Å². The van der Waals surface area contributed by atoms with Crippen molar-refractivity contribution in [3.05, 3.63) is 46.6 Å². The van der Waals surface area contributed by atoms with Crippen molar-refractivity contribution in [1.29, 1.82) is 0 Å². The first kappa shape index (κ1) is 24.1. The molecular weight excluding hydrogens is 334 g/mol. The van der Waals surface area contributed by atoms with Crippen LogP contribution < -0.4 is 0 Å². The van der Waals surface area contributed by atoms with Gasteiger partial charge in [0.1, 0.15) is 6.10 Å². The molecule has 0 saturated carbocycles. The number of carboxylic acid groups (broad SMARTS) is 1. The van der Waals surface area contributed by atoms with Gasteiger partial charge in [-0.25, -0.2) is 0 Å². The summed E-state index contributed by atoms with van der Waals surface area (Å²) in [5.41, 5.74) is 0. The molecule has 0 spiro atoms. The van der Waals surface area contributed by atoms with Crippen LogP contribution in [0.2, 0.25) is 0 Å². The van der Waals surface area contributed by atoms with Gasteiger partial charge in [0, 0.05) is 17.8 Å². The van der Waals surface area contributed by atoms with Gasteiger partial charge in [0.2, 0.25) is 6.04 Å². The lowest BCUT2D eigenvalue weighted by Gasteiger charge is -2.14. The summed E-state index contributed by atoms with van der Waals surface area (Å²) in [7, 11) is 0. The van der Waals surface area contributed by atoms with E-state index in [4.69, 9.17) is 5.11 Å². The predicted molar refractivity (Wildman–Crippen MR) is 104 cm³/mol. The highest BCUT2D eigenvalue weighted by atomic mass is 16.6. The molecular formula is C20H33NO5. The van der Waals surface area contributed by atoms with Gasteiger partial charge >= 0.3 is 5.97 Å². The molecule has 0 fully saturated rings. The SMILES string of the molecule is CCCCC/C=C\C/C=C\C/C=C\CC(C(O)CCCC(=O)O)[N+](=O)[O-]. The van der Waals surface area contributed by atoms with E-state index in [-0.39, 0.29) is 25.7 Å². The minimum absolute atomic E-state index is 0.0881. The quantitative estimate of drug-likeness (QED) is 0.179. The van der Waals surface area contributed by atoms with Crippen LogP contribution in [0.4, 0.5) is 0 Å². The second-order valence-corrected chi connectivity index (χ2v) is 6.32. The maximum atomic E-state index is 11.0. The molecule has 0 aromatic rings. The number of aliphatic hydroxyl groups excluding tert-OH is 1. The van der Waals surface area contributed by atoms with Crippen LogP contribution in [0.5, 0.6) is 0 Å². The largest absolute Gasteiger partial charge is 0.481 e. The number of unbranched alkanes of at least 4 members (excludes halogenated alkanes) is 3. The Kier molecular flexibility index (Phi) is 15.3. The zero-order chi connectivity index (χ0) is 19.6. The standard InChI is InChI=1S/C20H33NO5/c1-2-3-4-5-6-7-8-9-10-11-12-13-15-18(21(25)26)19(22)16-14-17-20(23)24/h6-7,9-10,12-13,18-19,22H,2-5,8,11,14-17H2,1H3,(H,23,24)/b7-6-,10-9-,13-12-. The second-order valence-electron chi connectivity index (χ2n) is 6.32. The van der Waals surface area contributed by atoms with Crippen molar-refractivity contribution in [3.8, 4) is 0 Å².